The van der Waals surface area contributed by atoms with Crippen LogP contribution in [-0.4, -0.2) is 53.8 Å². The van der Waals surface area contributed by atoms with Crippen molar-refractivity contribution in [3.63, 3.8) is 0 Å². The number of aliphatic hydroxyl groups is 1. The minimum absolute atomic E-state index is 0.0136. The summed E-state index contributed by atoms with van der Waals surface area (Å²) in [6.07, 6.45) is 0.602. The number of rotatable bonds is 13. The lowest BCUT2D eigenvalue weighted by atomic mass is 9.82. The first-order valence-electron chi connectivity index (χ1n) is 16.1. The molecule has 246 valence electrons. The summed E-state index contributed by atoms with van der Waals surface area (Å²) in [6.45, 7) is 12.8. The molecule has 8 heteroatoms. The zero-order valence-corrected chi connectivity index (χ0v) is 28.0. The highest BCUT2D eigenvalue weighted by Crippen LogP contribution is 2.44. The van der Waals surface area contributed by atoms with Crippen LogP contribution in [0.5, 0.6) is 5.75 Å². The number of hydrogen-bond donors (Lipinski definition) is 2. The van der Waals surface area contributed by atoms with E-state index >= 15 is 0 Å². The van der Waals surface area contributed by atoms with Crippen molar-refractivity contribution in [2.75, 3.05) is 19.8 Å². The van der Waals surface area contributed by atoms with E-state index < -0.39 is 23.2 Å². The maximum Gasteiger partial charge on any atom is 0.306 e. The molecule has 0 saturated heterocycles. The van der Waals surface area contributed by atoms with Crippen molar-refractivity contribution in [1.29, 1.82) is 0 Å². The van der Waals surface area contributed by atoms with Gasteiger partial charge in [-0.15, -0.1) is 0 Å². The quantitative estimate of drug-likeness (QED) is 0.155. The smallest absolute Gasteiger partial charge is 0.306 e. The number of aliphatic hydroxyl groups excluding tert-OH is 1. The number of aliphatic imine (C=N–C) groups is 1. The number of nitrogens with zero attached hydrogens (tertiary/aromatic N) is 1. The number of benzene rings is 3. The van der Waals surface area contributed by atoms with Gasteiger partial charge in [0.25, 0.3) is 5.91 Å². The minimum Gasteiger partial charge on any atom is -0.494 e. The zero-order valence-electron chi connectivity index (χ0n) is 28.0. The molecule has 0 saturated carbocycles. The van der Waals surface area contributed by atoms with E-state index in [0.717, 1.165) is 23.1 Å². The molecular weight excluding hydrogens is 580 g/mol. The molecule has 3 aromatic carbocycles. The Hall–Kier alpha value is -4.17. The Kier molecular flexibility index (Phi) is 11.3. The second-order valence-corrected chi connectivity index (χ2v) is 13.9. The second kappa shape index (κ2) is 14.9. The topological polar surface area (TPSA) is 106 Å². The lowest BCUT2D eigenvalue weighted by molar-refractivity contribution is -0.155. The van der Waals surface area contributed by atoms with Crippen molar-refractivity contribution in [2.45, 2.75) is 84.5 Å². The monoisotopic (exact) mass is 628 g/mol. The Balaban J connectivity index is 1.73. The van der Waals surface area contributed by atoms with Crippen LogP contribution in [0.15, 0.2) is 83.9 Å². The first-order chi connectivity index (χ1) is 21.8. The fourth-order valence-corrected chi connectivity index (χ4v) is 5.24. The van der Waals surface area contributed by atoms with Gasteiger partial charge < -0.3 is 24.6 Å². The summed E-state index contributed by atoms with van der Waals surface area (Å²) in [5.41, 5.74) is 1.51. The van der Waals surface area contributed by atoms with Crippen LogP contribution in [0, 0.1) is 5.41 Å². The lowest BCUT2D eigenvalue weighted by Crippen LogP contribution is -2.49. The highest BCUT2D eigenvalue weighted by atomic mass is 16.6. The third-order valence-electron chi connectivity index (χ3n) is 7.64. The van der Waals surface area contributed by atoms with Gasteiger partial charge in [-0.2, -0.15) is 0 Å². The summed E-state index contributed by atoms with van der Waals surface area (Å²) in [4.78, 5) is 32.3. The summed E-state index contributed by atoms with van der Waals surface area (Å²) in [7, 11) is 0. The van der Waals surface area contributed by atoms with Crippen LogP contribution in [-0.2, 0) is 19.1 Å². The van der Waals surface area contributed by atoms with Crippen molar-refractivity contribution in [2.24, 2.45) is 10.4 Å². The molecular formula is C38H48N2O6. The number of ether oxygens (including phenoxy) is 3. The molecule has 2 N–H and O–H groups in total. The summed E-state index contributed by atoms with van der Waals surface area (Å²) in [5, 5.41) is 12.2. The van der Waals surface area contributed by atoms with Crippen LogP contribution < -0.4 is 10.1 Å². The van der Waals surface area contributed by atoms with E-state index in [0.29, 0.717) is 36.8 Å². The van der Waals surface area contributed by atoms with Gasteiger partial charge >= 0.3 is 5.97 Å². The van der Waals surface area contributed by atoms with E-state index in [4.69, 9.17) is 24.3 Å². The fraction of sp³-hybridized carbons (Fsp3) is 0.447. The Morgan fingerprint density at radius 3 is 2.13 bits per heavy atom. The number of carbonyl (C=O) groups excluding carboxylic acids is 2. The third kappa shape index (κ3) is 9.42. The average Bonchev–Trinajstić information content (AvgIpc) is 3.40. The standard InChI is InChI=1S/C38H48N2O6/c1-36(2,3)23-24-39-35(43)38(22-21-32(42)46-37(4,5)6)33(29-15-13-28(14-16-29)27-11-8-7-9-12-27)45-34(40-38)30-17-19-31(20-18-30)44-26-10-25-41/h7-9,11-20,33,41H,10,21-26H2,1-6H3,(H,39,43)/t33-,38-/m1/s1. The van der Waals surface area contributed by atoms with Crippen LogP contribution >= 0.6 is 0 Å². The molecule has 0 aromatic heterocycles. The third-order valence-corrected chi connectivity index (χ3v) is 7.64. The van der Waals surface area contributed by atoms with Gasteiger partial charge in [0.15, 0.2) is 11.6 Å². The maximum atomic E-state index is 14.3. The summed E-state index contributed by atoms with van der Waals surface area (Å²) in [5.74, 6) is 0.270. The zero-order chi connectivity index (χ0) is 33.4. The SMILES string of the molecule is CC(C)(C)CCNC(=O)[C@]1(CCC(=O)OC(C)(C)C)N=C(c2ccc(OCCCO)cc2)O[C@@H]1c1ccc(-c2ccccc2)cc1. The number of amides is 1. The molecule has 0 fully saturated rings. The van der Waals surface area contributed by atoms with E-state index in [1.54, 1.807) is 0 Å². The number of hydrogen-bond acceptors (Lipinski definition) is 7. The number of carbonyl (C=O) groups is 2. The largest absolute Gasteiger partial charge is 0.494 e. The Labute approximate surface area is 273 Å². The average molecular weight is 629 g/mol. The molecule has 0 bridgehead atoms. The lowest BCUT2D eigenvalue weighted by Gasteiger charge is -2.31. The van der Waals surface area contributed by atoms with E-state index in [2.05, 4.69) is 26.1 Å². The van der Waals surface area contributed by atoms with Gasteiger partial charge in [0, 0.05) is 31.6 Å². The maximum absolute atomic E-state index is 14.3. The van der Waals surface area contributed by atoms with E-state index in [1.807, 2.05) is 99.6 Å². The van der Waals surface area contributed by atoms with E-state index in [-0.39, 0.29) is 30.8 Å². The molecule has 8 nitrogen and oxygen atoms in total. The van der Waals surface area contributed by atoms with Crippen LogP contribution in [0.2, 0.25) is 0 Å². The van der Waals surface area contributed by atoms with Gasteiger partial charge in [-0.25, -0.2) is 4.99 Å². The first kappa shape index (κ1) is 34.7. The molecule has 1 aliphatic rings. The molecule has 0 unspecified atom stereocenters. The summed E-state index contributed by atoms with van der Waals surface area (Å²) >= 11 is 0. The van der Waals surface area contributed by atoms with Crippen LogP contribution in [0.3, 0.4) is 0 Å². The first-order valence-corrected chi connectivity index (χ1v) is 16.1. The second-order valence-electron chi connectivity index (χ2n) is 13.9. The summed E-state index contributed by atoms with van der Waals surface area (Å²) < 4.78 is 17.9. The van der Waals surface area contributed by atoms with Gasteiger partial charge in [-0.3, -0.25) is 9.59 Å². The van der Waals surface area contributed by atoms with Crippen LogP contribution in [0.4, 0.5) is 0 Å². The highest BCUT2D eigenvalue weighted by Gasteiger charge is 2.53. The molecule has 4 rings (SSSR count). The number of esters is 1. The molecule has 46 heavy (non-hydrogen) atoms. The van der Waals surface area contributed by atoms with Crippen LogP contribution in [0.1, 0.15) is 84.5 Å². The number of nitrogens with one attached hydrogen (secondary N) is 1. The van der Waals surface area contributed by atoms with Crippen molar-refractivity contribution < 1.29 is 28.9 Å². The Morgan fingerprint density at radius 1 is 0.891 bits per heavy atom. The Bertz CT molecular complexity index is 1470. The Morgan fingerprint density at radius 2 is 1.52 bits per heavy atom. The normalized spacial score (nSPS) is 18.0. The van der Waals surface area contributed by atoms with Gasteiger partial charge in [0.1, 0.15) is 11.4 Å². The van der Waals surface area contributed by atoms with Gasteiger partial charge in [0.05, 0.1) is 6.61 Å². The van der Waals surface area contributed by atoms with Crippen molar-refractivity contribution in [1.82, 2.24) is 5.32 Å². The molecule has 0 radical (unpaired) electrons. The van der Waals surface area contributed by atoms with Gasteiger partial charge in [-0.1, -0.05) is 75.4 Å². The highest BCUT2D eigenvalue weighted by molar-refractivity contribution is 6.01. The molecule has 0 aliphatic carbocycles. The van der Waals surface area contributed by atoms with E-state index in [9.17, 15) is 9.59 Å². The predicted octanol–water partition coefficient (Wildman–Crippen LogP) is 7.05. The molecule has 1 aliphatic heterocycles. The molecule has 3 aromatic rings. The van der Waals surface area contributed by atoms with Crippen LogP contribution in [0.25, 0.3) is 11.1 Å². The van der Waals surface area contributed by atoms with Gasteiger partial charge in [0.2, 0.25) is 5.90 Å². The van der Waals surface area contributed by atoms with Gasteiger partial charge in [-0.05, 0) is 80.0 Å². The van der Waals surface area contributed by atoms with Crippen molar-refractivity contribution in [3.05, 3.63) is 90.0 Å². The fourth-order valence-electron chi connectivity index (χ4n) is 5.24. The molecule has 1 amide bonds. The van der Waals surface area contributed by atoms with E-state index in [1.165, 1.54) is 0 Å². The van der Waals surface area contributed by atoms with Crippen molar-refractivity contribution >= 4 is 17.8 Å². The molecule has 1 heterocycles. The van der Waals surface area contributed by atoms with Crippen molar-refractivity contribution in [3.8, 4) is 16.9 Å². The molecule has 0 spiro atoms. The minimum atomic E-state index is -1.42. The predicted molar refractivity (Wildman–Crippen MR) is 181 cm³/mol. The molecule has 2 atom stereocenters. The summed E-state index contributed by atoms with van der Waals surface area (Å²) in [6, 6.07) is 25.3.